The number of carbonyl (C=O) groups excluding carboxylic acids is 1. The maximum Gasteiger partial charge on any atom is 0.251 e. The van der Waals surface area contributed by atoms with E-state index in [1.807, 2.05) is 18.2 Å². The summed E-state index contributed by atoms with van der Waals surface area (Å²) < 4.78 is 25.4. The zero-order valence-electron chi connectivity index (χ0n) is 15.5. The van der Waals surface area contributed by atoms with Crippen LogP contribution in [0.2, 0.25) is 0 Å². The molecule has 28 heavy (non-hydrogen) atoms. The molecule has 2 fully saturated rings. The van der Waals surface area contributed by atoms with Crippen molar-refractivity contribution in [3.05, 3.63) is 65.7 Å². The summed E-state index contributed by atoms with van der Waals surface area (Å²) in [7, 11) is -3.50. The number of fused-ring (bicyclic) bond motifs is 2. The molecule has 2 N–H and O–H groups in total. The van der Waals surface area contributed by atoms with Crippen molar-refractivity contribution in [1.82, 2.24) is 10.6 Å². The van der Waals surface area contributed by atoms with Gasteiger partial charge >= 0.3 is 0 Å². The minimum absolute atomic E-state index is 0. The third-order valence-electron chi connectivity index (χ3n) is 5.46. The number of hydrogen-bond donors (Lipinski definition) is 2. The second kappa shape index (κ2) is 8.64. The summed E-state index contributed by atoms with van der Waals surface area (Å²) >= 11 is 0. The molecule has 0 aromatic heterocycles. The Kier molecular flexibility index (Phi) is 6.43. The molecule has 0 aliphatic carbocycles. The Hall–Kier alpha value is -1.89. The van der Waals surface area contributed by atoms with Gasteiger partial charge in [0.15, 0.2) is 9.84 Å². The molecule has 2 aromatic carbocycles. The van der Waals surface area contributed by atoms with Crippen LogP contribution in [0.25, 0.3) is 0 Å². The van der Waals surface area contributed by atoms with Crippen molar-refractivity contribution in [2.45, 2.75) is 54.5 Å². The maximum absolute atomic E-state index is 12.7. The molecule has 150 valence electrons. The lowest BCUT2D eigenvalue weighted by Crippen LogP contribution is -2.48. The lowest BCUT2D eigenvalue weighted by molar-refractivity contribution is 0.0923. The Labute approximate surface area is 172 Å². The molecular formula is C21H25ClN2O3S. The van der Waals surface area contributed by atoms with Crippen LogP contribution in [0.3, 0.4) is 0 Å². The van der Waals surface area contributed by atoms with E-state index in [4.69, 9.17) is 0 Å². The zero-order chi connectivity index (χ0) is 18.9. The standard InChI is InChI=1S/C21H24N2O3S.ClH/c24-21(23-19-12-17-9-10-18(13-19)22-17)16-7-4-8-20(11-16)27(25,26)14-15-5-2-1-3-6-15;/h1-8,11,17-19,22H,9-10,12-14H2,(H,23,24);1H. The van der Waals surface area contributed by atoms with Gasteiger partial charge < -0.3 is 10.6 Å². The first-order chi connectivity index (χ1) is 13.0. The van der Waals surface area contributed by atoms with Gasteiger partial charge in [-0.25, -0.2) is 8.42 Å². The average Bonchev–Trinajstić information content (AvgIpc) is 3.00. The molecule has 2 atom stereocenters. The molecular weight excluding hydrogens is 396 g/mol. The molecule has 1 amide bonds. The molecule has 5 nitrogen and oxygen atoms in total. The van der Waals surface area contributed by atoms with Gasteiger partial charge in [0.05, 0.1) is 10.6 Å². The fourth-order valence-corrected chi connectivity index (χ4v) is 5.54. The molecule has 0 spiro atoms. The number of nitrogens with one attached hydrogen (secondary N) is 2. The molecule has 2 aliphatic heterocycles. The van der Waals surface area contributed by atoms with E-state index in [9.17, 15) is 13.2 Å². The van der Waals surface area contributed by atoms with Crippen LogP contribution in [0.15, 0.2) is 59.5 Å². The molecule has 2 aliphatic rings. The predicted molar refractivity (Wildman–Crippen MR) is 111 cm³/mol. The molecule has 2 heterocycles. The lowest BCUT2D eigenvalue weighted by Gasteiger charge is -2.29. The summed E-state index contributed by atoms with van der Waals surface area (Å²) in [6, 6.07) is 16.6. The van der Waals surface area contributed by atoms with Crippen molar-refractivity contribution in [2.75, 3.05) is 0 Å². The first-order valence-corrected chi connectivity index (χ1v) is 11.1. The van der Waals surface area contributed by atoms with E-state index >= 15 is 0 Å². The third-order valence-corrected chi connectivity index (χ3v) is 7.15. The number of carbonyl (C=O) groups is 1. The highest BCUT2D eigenvalue weighted by Crippen LogP contribution is 2.27. The Morgan fingerprint density at radius 3 is 2.36 bits per heavy atom. The predicted octanol–water partition coefficient (Wildman–Crippen LogP) is 3.10. The molecule has 7 heteroatoms. The lowest BCUT2D eigenvalue weighted by atomic mass is 9.99. The van der Waals surface area contributed by atoms with Crippen molar-refractivity contribution >= 4 is 28.2 Å². The SMILES string of the molecule is Cl.O=C(NC1CC2CCC(C1)N2)c1cccc(S(=O)(=O)Cc2ccccc2)c1. The summed E-state index contributed by atoms with van der Waals surface area (Å²) in [5.74, 6) is -0.269. The maximum atomic E-state index is 12.7. The number of halogens is 1. The van der Waals surface area contributed by atoms with Crippen LogP contribution in [-0.2, 0) is 15.6 Å². The van der Waals surface area contributed by atoms with Gasteiger partial charge in [0.2, 0.25) is 0 Å². The molecule has 4 rings (SSSR count). The Bertz CT molecular complexity index is 922. The fraction of sp³-hybridized carbons (Fsp3) is 0.381. The van der Waals surface area contributed by atoms with Gasteiger partial charge in [0, 0.05) is 23.7 Å². The highest BCUT2D eigenvalue weighted by atomic mass is 35.5. The van der Waals surface area contributed by atoms with Gasteiger partial charge in [0.1, 0.15) is 0 Å². The van der Waals surface area contributed by atoms with Gasteiger partial charge in [-0.3, -0.25) is 4.79 Å². The van der Waals surface area contributed by atoms with E-state index in [2.05, 4.69) is 10.6 Å². The smallest absolute Gasteiger partial charge is 0.251 e. The summed E-state index contributed by atoms with van der Waals surface area (Å²) in [5, 5.41) is 6.65. The van der Waals surface area contributed by atoms with Gasteiger partial charge in [-0.05, 0) is 49.4 Å². The number of piperidine rings is 1. The monoisotopic (exact) mass is 420 g/mol. The largest absolute Gasteiger partial charge is 0.349 e. The summed E-state index contributed by atoms with van der Waals surface area (Å²) in [6.07, 6.45) is 4.22. The highest BCUT2D eigenvalue weighted by Gasteiger charge is 2.34. The second-order valence-electron chi connectivity index (χ2n) is 7.55. The van der Waals surface area contributed by atoms with E-state index in [0.717, 1.165) is 18.4 Å². The van der Waals surface area contributed by atoms with E-state index in [1.54, 1.807) is 30.3 Å². The number of hydrogen-bond acceptors (Lipinski definition) is 4. The van der Waals surface area contributed by atoms with Crippen LogP contribution in [0.1, 0.15) is 41.6 Å². The number of amides is 1. The minimum Gasteiger partial charge on any atom is -0.349 e. The van der Waals surface area contributed by atoms with Crippen LogP contribution < -0.4 is 10.6 Å². The molecule has 0 radical (unpaired) electrons. The third kappa shape index (κ3) is 4.74. The normalized spacial score (nSPS) is 23.6. The highest BCUT2D eigenvalue weighted by molar-refractivity contribution is 7.90. The average molecular weight is 421 g/mol. The minimum atomic E-state index is -3.50. The van der Waals surface area contributed by atoms with Crippen LogP contribution in [-0.4, -0.2) is 32.5 Å². The fourth-order valence-electron chi connectivity index (χ4n) is 4.15. The van der Waals surface area contributed by atoms with Gasteiger partial charge in [-0.2, -0.15) is 0 Å². The molecule has 2 saturated heterocycles. The topological polar surface area (TPSA) is 75.3 Å². The van der Waals surface area contributed by atoms with E-state index < -0.39 is 9.84 Å². The summed E-state index contributed by atoms with van der Waals surface area (Å²) in [4.78, 5) is 12.8. The van der Waals surface area contributed by atoms with Crippen LogP contribution in [0.5, 0.6) is 0 Å². The zero-order valence-corrected chi connectivity index (χ0v) is 17.1. The van der Waals surface area contributed by atoms with Crippen LogP contribution in [0, 0.1) is 0 Å². The van der Waals surface area contributed by atoms with Gasteiger partial charge in [-0.15, -0.1) is 12.4 Å². The quantitative estimate of drug-likeness (QED) is 0.779. The van der Waals surface area contributed by atoms with Crippen LogP contribution >= 0.6 is 12.4 Å². The van der Waals surface area contributed by atoms with E-state index in [1.165, 1.54) is 18.9 Å². The molecule has 2 aromatic rings. The second-order valence-corrected chi connectivity index (χ2v) is 9.54. The Balaban J connectivity index is 0.00000225. The van der Waals surface area contributed by atoms with Crippen LogP contribution in [0.4, 0.5) is 0 Å². The number of sulfone groups is 1. The summed E-state index contributed by atoms with van der Waals surface area (Å²) in [5.41, 5.74) is 1.13. The van der Waals surface area contributed by atoms with Crippen molar-refractivity contribution in [1.29, 1.82) is 0 Å². The molecule has 2 bridgehead atoms. The van der Waals surface area contributed by atoms with Crippen molar-refractivity contribution in [2.24, 2.45) is 0 Å². The van der Waals surface area contributed by atoms with Crippen molar-refractivity contribution < 1.29 is 13.2 Å². The first-order valence-electron chi connectivity index (χ1n) is 9.43. The molecule has 2 unspecified atom stereocenters. The Morgan fingerprint density at radius 1 is 1.00 bits per heavy atom. The Morgan fingerprint density at radius 2 is 1.68 bits per heavy atom. The first kappa shape index (κ1) is 20.8. The van der Waals surface area contributed by atoms with Crippen molar-refractivity contribution in [3.8, 4) is 0 Å². The number of rotatable bonds is 5. The van der Waals surface area contributed by atoms with Crippen molar-refractivity contribution in [3.63, 3.8) is 0 Å². The van der Waals surface area contributed by atoms with Gasteiger partial charge in [-0.1, -0.05) is 36.4 Å². The molecule has 0 saturated carbocycles. The van der Waals surface area contributed by atoms with E-state index in [-0.39, 0.29) is 35.0 Å². The summed E-state index contributed by atoms with van der Waals surface area (Å²) in [6.45, 7) is 0. The number of benzene rings is 2. The van der Waals surface area contributed by atoms with E-state index in [0.29, 0.717) is 17.6 Å². The van der Waals surface area contributed by atoms with Gasteiger partial charge in [0.25, 0.3) is 5.91 Å².